The van der Waals surface area contributed by atoms with E-state index in [2.05, 4.69) is 15.6 Å². The number of hydrogen-bond acceptors (Lipinski definition) is 4. The quantitative estimate of drug-likeness (QED) is 0.487. The molecule has 9 heteroatoms. The van der Waals surface area contributed by atoms with Crippen LogP contribution in [0, 0.1) is 5.92 Å². The monoisotopic (exact) mass is 496 g/mol. The maximum absolute atomic E-state index is 12.9. The molecule has 0 aliphatic carbocycles. The van der Waals surface area contributed by atoms with Crippen molar-refractivity contribution < 1.29 is 22.8 Å². The lowest BCUT2D eigenvalue weighted by Crippen LogP contribution is -2.38. The van der Waals surface area contributed by atoms with Crippen LogP contribution in [0.5, 0.6) is 0 Å². The van der Waals surface area contributed by atoms with E-state index >= 15 is 0 Å². The van der Waals surface area contributed by atoms with E-state index < -0.39 is 11.7 Å². The molecule has 2 heterocycles. The number of amides is 2. The summed E-state index contributed by atoms with van der Waals surface area (Å²) in [6.07, 6.45) is -1.84. The SMILES string of the molecule is O=C(NCCc1ccccc1)c1ccccc1NC(=O)C1CCN(c2ccc(C(F)(F)F)cn2)CC1. The van der Waals surface area contributed by atoms with Gasteiger partial charge in [0.1, 0.15) is 5.82 Å². The van der Waals surface area contributed by atoms with Crippen molar-refractivity contribution in [3.05, 3.63) is 89.6 Å². The summed E-state index contributed by atoms with van der Waals surface area (Å²) in [5.74, 6) is -0.256. The molecule has 0 atom stereocenters. The van der Waals surface area contributed by atoms with Gasteiger partial charge in [-0.15, -0.1) is 0 Å². The van der Waals surface area contributed by atoms with Gasteiger partial charge in [0, 0.05) is 31.7 Å². The summed E-state index contributed by atoms with van der Waals surface area (Å²) in [5.41, 5.74) is 1.18. The maximum atomic E-state index is 12.9. The molecule has 3 aromatic rings. The Balaban J connectivity index is 1.30. The zero-order valence-electron chi connectivity index (χ0n) is 19.6. The average molecular weight is 497 g/mol. The van der Waals surface area contributed by atoms with Crippen LogP contribution >= 0.6 is 0 Å². The predicted octanol–water partition coefficient (Wildman–Crippen LogP) is 4.93. The molecule has 4 rings (SSSR count). The first-order chi connectivity index (χ1) is 17.3. The number of para-hydroxylation sites is 1. The largest absolute Gasteiger partial charge is 0.417 e. The highest BCUT2D eigenvalue weighted by molar-refractivity contribution is 6.04. The second-order valence-electron chi connectivity index (χ2n) is 8.69. The second-order valence-corrected chi connectivity index (χ2v) is 8.69. The van der Waals surface area contributed by atoms with Crippen molar-refractivity contribution >= 4 is 23.3 Å². The van der Waals surface area contributed by atoms with E-state index in [1.54, 1.807) is 24.3 Å². The molecule has 1 saturated heterocycles. The molecule has 1 fully saturated rings. The van der Waals surface area contributed by atoms with Crippen LogP contribution in [0.1, 0.15) is 34.3 Å². The number of piperidine rings is 1. The third kappa shape index (κ3) is 6.41. The van der Waals surface area contributed by atoms with Gasteiger partial charge < -0.3 is 15.5 Å². The molecule has 36 heavy (non-hydrogen) atoms. The first-order valence-corrected chi connectivity index (χ1v) is 11.8. The number of aromatic nitrogens is 1. The Hall–Kier alpha value is -3.88. The van der Waals surface area contributed by atoms with E-state index in [1.165, 1.54) is 6.07 Å². The third-order valence-corrected chi connectivity index (χ3v) is 6.24. The van der Waals surface area contributed by atoms with Crippen LogP contribution in [0.3, 0.4) is 0 Å². The van der Waals surface area contributed by atoms with Crippen molar-refractivity contribution in [2.24, 2.45) is 5.92 Å². The number of hydrogen-bond donors (Lipinski definition) is 2. The van der Waals surface area contributed by atoms with Gasteiger partial charge in [0.15, 0.2) is 0 Å². The van der Waals surface area contributed by atoms with Gasteiger partial charge in [-0.25, -0.2) is 4.98 Å². The van der Waals surface area contributed by atoms with Crippen LogP contribution in [0.2, 0.25) is 0 Å². The molecule has 1 aliphatic rings. The van der Waals surface area contributed by atoms with Crippen LogP contribution in [-0.2, 0) is 17.4 Å². The molecule has 2 aromatic carbocycles. The number of benzene rings is 2. The average Bonchev–Trinajstić information content (AvgIpc) is 2.89. The molecule has 1 aromatic heterocycles. The van der Waals surface area contributed by atoms with Gasteiger partial charge >= 0.3 is 6.18 Å². The van der Waals surface area contributed by atoms with E-state index in [-0.39, 0.29) is 17.7 Å². The van der Waals surface area contributed by atoms with Crippen molar-refractivity contribution in [1.82, 2.24) is 10.3 Å². The van der Waals surface area contributed by atoms with Crippen LogP contribution in [0.25, 0.3) is 0 Å². The van der Waals surface area contributed by atoms with E-state index in [9.17, 15) is 22.8 Å². The van der Waals surface area contributed by atoms with Crippen molar-refractivity contribution in [3.63, 3.8) is 0 Å². The minimum Gasteiger partial charge on any atom is -0.357 e. The number of pyridine rings is 1. The van der Waals surface area contributed by atoms with Gasteiger partial charge in [0.05, 0.1) is 16.8 Å². The minimum absolute atomic E-state index is 0.181. The molecular formula is C27H27F3N4O2. The standard InChI is InChI=1S/C27H27F3N4O2/c28-27(29,30)21-10-11-24(32-18-21)34-16-13-20(14-17-34)25(35)33-23-9-5-4-8-22(23)26(36)31-15-12-19-6-2-1-3-7-19/h1-11,18,20H,12-17H2,(H,31,36)(H,33,35). The van der Waals surface area contributed by atoms with Gasteiger partial charge in [-0.3, -0.25) is 9.59 Å². The van der Waals surface area contributed by atoms with E-state index in [0.717, 1.165) is 17.8 Å². The normalized spacial score (nSPS) is 14.4. The lowest BCUT2D eigenvalue weighted by molar-refractivity contribution is -0.137. The van der Waals surface area contributed by atoms with Crippen LogP contribution < -0.4 is 15.5 Å². The minimum atomic E-state index is -4.42. The van der Waals surface area contributed by atoms with Gasteiger partial charge in [-0.05, 0) is 49.1 Å². The summed E-state index contributed by atoms with van der Waals surface area (Å²) in [7, 11) is 0. The lowest BCUT2D eigenvalue weighted by Gasteiger charge is -2.32. The molecule has 0 saturated carbocycles. The molecule has 6 nitrogen and oxygen atoms in total. The topological polar surface area (TPSA) is 74.3 Å². The fraction of sp³-hybridized carbons (Fsp3) is 0.296. The number of nitrogens with one attached hydrogen (secondary N) is 2. The lowest BCUT2D eigenvalue weighted by atomic mass is 9.95. The fourth-order valence-electron chi connectivity index (χ4n) is 4.20. The number of nitrogens with zero attached hydrogens (tertiary/aromatic N) is 2. The maximum Gasteiger partial charge on any atom is 0.417 e. The molecule has 1 aliphatic heterocycles. The van der Waals surface area contributed by atoms with E-state index in [0.29, 0.717) is 56.0 Å². The molecular weight excluding hydrogens is 469 g/mol. The van der Waals surface area contributed by atoms with Crippen molar-refractivity contribution in [3.8, 4) is 0 Å². The van der Waals surface area contributed by atoms with Crippen LogP contribution in [-0.4, -0.2) is 36.4 Å². The number of halogens is 3. The molecule has 0 spiro atoms. The molecule has 0 radical (unpaired) electrons. The second kappa shape index (κ2) is 11.2. The molecule has 2 N–H and O–H groups in total. The molecule has 0 bridgehead atoms. The molecule has 188 valence electrons. The summed E-state index contributed by atoms with van der Waals surface area (Å²) in [6.45, 7) is 1.47. The van der Waals surface area contributed by atoms with Crippen LogP contribution in [0.15, 0.2) is 72.9 Å². The third-order valence-electron chi connectivity index (χ3n) is 6.24. The summed E-state index contributed by atoms with van der Waals surface area (Å²) in [6, 6.07) is 19.1. The first kappa shape index (κ1) is 25.2. The molecule has 0 unspecified atom stereocenters. The first-order valence-electron chi connectivity index (χ1n) is 11.8. The number of alkyl halides is 3. The summed E-state index contributed by atoms with van der Waals surface area (Å²) in [4.78, 5) is 31.5. The highest BCUT2D eigenvalue weighted by Crippen LogP contribution is 2.30. The zero-order chi connectivity index (χ0) is 25.5. The Morgan fingerprint density at radius 3 is 2.31 bits per heavy atom. The summed E-state index contributed by atoms with van der Waals surface area (Å²) < 4.78 is 38.3. The number of carbonyl (C=O) groups is 2. The Bertz CT molecular complexity index is 1180. The smallest absolute Gasteiger partial charge is 0.357 e. The molecule has 2 amide bonds. The highest BCUT2D eigenvalue weighted by Gasteiger charge is 2.31. The van der Waals surface area contributed by atoms with Gasteiger partial charge in [0.2, 0.25) is 5.91 Å². The fourth-order valence-corrected chi connectivity index (χ4v) is 4.20. The Morgan fingerprint density at radius 2 is 1.64 bits per heavy atom. The number of anilines is 2. The van der Waals surface area contributed by atoms with Gasteiger partial charge in [-0.2, -0.15) is 13.2 Å². The summed E-state index contributed by atoms with van der Waals surface area (Å²) in [5, 5.41) is 5.79. The van der Waals surface area contributed by atoms with Gasteiger partial charge in [-0.1, -0.05) is 42.5 Å². The van der Waals surface area contributed by atoms with E-state index in [1.807, 2.05) is 35.2 Å². The Kier molecular flexibility index (Phi) is 7.87. The van der Waals surface area contributed by atoms with Crippen molar-refractivity contribution in [2.75, 3.05) is 29.9 Å². The number of rotatable bonds is 7. The van der Waals surface area contributed by atoms with Gasteiger partial charge in [0.25, 0.3) is 5.91 Å². The van der Waals surface area contributed by atoms with Crippen molar-refractivity contribution in [2.45, 2.75) is 25.4 Å². The van der Waals surface area contributed by atoms with Crippen molar-refractivity contribution in [1.29, 1.82) is 0 Å². The zero-order valence-corrected chi connectivity index (χ0v) is 19.6. The summed E-state index contributed by atoms with van der Waals surface area (Å²) >= 11 is 0. The van der Waals surface area contributed by atoms with Crippen LogP contribution in [0.4, 0.5) is 24.7 Å². The van der Waals surface area contributed by atoms with E-state index in [4.69, 9.17) is 0 Å². The number of carbonyl (C=O) groups excluding carboxylic acids is 2. The Morgan fingerprint density at radius 1 is 0.944 bits per heavy atom. The predicted molar refractivity (Wildman–Crippen MR) is 132 cm³/mol. The highest BCUT2D eigenvalue weighted by atomic mass is 19.4. The Labute approximate surface area is 207 Å².